The summed E-state index contributed by atoms with van der Waals surface area (Å²) in [5, 5.41) is 5.71. The lowest BCUT2D eigenvalue weighted by molar-refractivity contribution is -0.116. The molecule has 0 aliphatic heterocycles. The zero-order chi connectivity index (χ0) is 21.1. The van der Waals surface area contributed by atoms with Crippen LogP contribution in [0.15, 0.2) is 47.3 Å². The molecule has 0 aliphatic carbocycles. The van der Waals surface area contributed by atoms with E-state index < -0.39 is 0 Å². The maximum atomic E-state index is 12.6. The summed E-state index contributed by atoms with van der Waals surface area (Å²) in [5.41, 5.74) is 3.19. The molecular formula is C22H26N4O3. The van der Waals surface area contributed by atoms with Gasteiger partial charge in [0.25, 0.3) is 5.91 Å². The molecule has 7 nitrogen and oxygen atoms in total. The van der Waals surface area contributed by atoms with Crippen molar-refractivity contribution < 1.29 is 9.59 Å². The molecule has 152 valence electrons. The molecule has 7 heteroatoms. The third kappa shape index (κ3) is 4.39. The molecule has 0 aliphatic rings. The Morgan fingerprint density at radius 1 is 1.07 bits per heavy atom. The number of benzene rings is 2. The van der Waals surface area contributed by atoms with Crippen LogP contribution < -0.4 is 16.3 Å². The summed E-state index contributed by atoms with van der Waals surface area (Å²) in [5.74, 6) is -0.0679. The number of nitrogens with one attached hydrogen (secondary N) is 2. The minimum absolute atomic E-state index is 0.0871. The van der Waals surface area contributed by atoms with E-state index in [0.29, 0.717) is 29.2 Å². The van der Waals surface area contributed by atoms with Crippen LogP contribution in [0.2, 0.25) is 0 Å². The van der Waals surface area contributed by atoms with Crippen molar-refractivity contribution in [2.45, 2.75) is 27.3 Å². The number of carbonyl (C=O) groups is 2. The fourth-order valence-corrected chi connectivity index (χ4v) is 3.19. The first-order valence-corrected chi connectivity index (χ1v) is 9.61. The smallest absolute Gasteiger partial charge is 0.329 e. The molecule has 0 spiro atoms. The average Bonchev–Trinajstić information content (AvgIpc) is 2.93. The van der Waals surface area contributed by atoms with E-state index in [1.165, 1.54) is 9.13 Å². The van der Waals surface area contributed by atoms with Crippen molar-refractivity contribution >= 4 is 28.5 Å². The van der Waals surface area contributed by atoms with Crippen molar-refractivity contribution in [3.05, 3.63) is 64.1 Å². The molecule has 0 atom stereocenters. The lowest BCUT2D eigenvalue weighted by Crippen LogP contribution is -2.29. The van der Waals surface area contributed by atoms with E-state index in [1.807, 2.05) is 45.0 Å². The molecule has 1 aromatic heterocycles. The number of carbonyl (C=O) groups excluding carboxylic acids is 2. The number of hydrogen-bond donors (Lipinski definition) is 2. The average molecular weight is 394 g/mol. The summed E-state index contributed by atoms with van der Waals surface area (Å²) in [7, 11) is 1.69. The Kier molecular flexibility index (Phi) is 5.87. The number of aromatic nitrogens is 2. The van der Waals surface area contributed by atoms with E-state index in [9.17, 15) is 14.4 Å². The van der Waals surface area contributed by atoms with Crippen molar-refractivity contribution in [3.63, 3.8) is 0 Å². The molecule has 0 fully saturated rings. The summed E-state index contributed by atoms with van der Waals surface area (Å²) in [6.45, 7) is 6.42. The molecule has 2 aromatic carbocycles. The van der Waals surface area contributed by atoms with Crippen LogP contribution in [0, 0.1) is 12.8 Å². The van der Waals surface area contributed by atoms with Gasteiger partial charge in [-0.25, -0.2) is 4.79 Å². The van der Waals surface area contributed by atoms with E-state index in [4.69, 9.17) is 0 Å². The van der Waals surface area contributed by atoms with E-state index in [-0.39, 0.29) is 24.0 Å². The second-order valence-corrected chi connectivity index (χ2v) is 7.60. The third-order valence-corrected chi connectivity index (χ3v) is 4.79. The summed E-state index contributed by atoms with van der Waals surface area (Å²) in [4.78, 5) is 37.3. The molecular weight excluding hydrogens is 368 g/mol. The normalized spacial score (nSPS) is 11.1. The highest BCUT2D eigenvalue weighted by molar-refractivity contribution is 5.96. The molecule has 29 heavy (non-hydrogen) atoms. The molecule has 2 amide bonds. The summed E-state index contributed by atoms with van der Waals surface area (Å²) >= 11 is 0. The van der Waals surface area contributed by atoms with Gasteiger partial charge in [0, 0.05) is 24.8 Å². The van der Waals surface area contributed by atoms with Gasteiger partial charge in [-0.15, -0.1) is 0 Å². The van der Waals surface area contributed by atoms with Crippen LogP contribution in [0.5, 0.6) is 0 Å². The summed E-state index contributed by atoms with van der Waals surface area (Å²) < 4.78 is 2.98. The zero-order valence-corrected chi connectivity index (χ0v) is 17.2. The van der Waals surface area contributed by atoms with Crippen molar-refractivity contribution in [2.75, 3.05) is 11.9 Å². The number of para-hydroxylation sites is 2. The van der Waals surface area contributed by atoms with Crippen molar-refractivity contribution in [1.29, 1.82) is 0 Å². The Labute approximate surface area is 169 Å². The number of nitrogens with zero attached hydrogens (tertiary/aromatic N) is 2. The molecule has 0 bridgehead atoms. The minimum atomic E-state index is -0.302. The van der Waals surface area contributed by atoms with Crippen LogP contribution in [0.3, 0.4) is 0 Å². The molecule has 0 saturated heterocycles. The van der Waals surface area contributed by atoms with Crippen LogP contribution in [-0.4, -0.2) is 27.5 Å². The van der Waals surface area contributed by atoms with Gasteiger partial charge in [0.15, 0.2) is 0 Å². The highest BCUT2D eigenvalue weighted by Gasteiger charge is 2.14. The second kappa shape index (κ2) is 8.34. The Morgan fingerprint density at radius 3 is 2.41 bits per heavy atom. The highest BCUT2D eigenvalue weighted by atomic mass is 16.2. The van der Waals surface area contributed by atoms with Crippen molar-refractivity contribution in [1.82, 2.24) is 14.5 Å². The number of amides is 2. The molecule has 0 unspecified atom stereocenters. The van der Waals surface area contributed by atoms with Crippen LogP contribution in [0.1, 0.15) is 29.8 Å². The SMILES string of the molecule is Cc1cc(C(=O)NCC(C)C)ccc1NC(=O)Cn1c(=O)n(C)c2ccccc21. The Hall–Kier alpha value is -3.35. The van der Waals surface area contributed by atoms with Crippen molar-refractivity contribution in [3.8, 4) is 0 Å². The monoisotopic (exact) mass is 394 g/mol. The number of fused-ring (bicyclic) bond motifs is 1. The van der Waals surface area contributed by atoms with E-state index in [0.717, 1.165) is 11.1 Å². The quantitative estimate of drug-likeness (QED) is 0.674. The maximum absolute atomic E-state index is 12.6. The van der Waals surface area contributed by atoms with Crippen molar-refractivity contribution in [2.24, 2.45) is 13.0 Å². The molecule has 2 N–H and O–H groups in total. The van der Waals surface area contributed by atoms with Gasteiger partial charge >= 0.3 is 5.69 Å². The lowest BCUT2D eigenvalue weighted by atomic mass is 10.1. The molecule has 3 aromatic rings. The van der Waals surface area contributed by atoms with Gasteiger partial charge in [-0.05, 0) is 48.7 Å². The van der Waals surface area contributed by atoms with Gasteiger partial charge in [-0.1, -0.05) is 26.0 Å². The van der Waals surface area contributed by atoms with Crippen LogP contribution in [0.4, 0.5) is 5.69 Å². The fraction of sp³-hybridized carbons (Fsp3) is 0.318. The standard InChI is InChI=1S/C22H26N4O3/c1-14(2)12-23-21(28)16-9-10-17(15(3)11-16)24-20(27)13-26-19-8-6-5-7-18(19)25(4)22(26)29/h5-11,14H,12-13H2,1-4H3,(H,23,28)(H,24,27). The van der Waals surface area contributed by atoms with E-state index in [2.05, 4.69) is 10.6 Å². The minimum Gasteiger partial charge on any atom is -0.352 e. The largest absolute Gasteiger partial charge is 0.352 e. The summed E-state index contributed by atoms with van der Waals surface area (Å²) in [6.07, 6.45) is 0. The molecule has 3 rings (SSSR count). The van der Waals surface area contributed by atoms with Gasteiger partial charge in [0.05, 0.1) is 11.0 Å². The summed E-state index contributed by atoms with van der Waals surface area (Å²) in [6, 6.07) is 12.5. The number of rotatable bonds is 6. The van der Waals surface area contributed by atoms with Gasteiger partial charge in [-0.2, -0.15) is 0 Å². The molecule has 0 radical (unpaired) electrons. The highest BCUT2D eigenvalue weighted by Crippen LogP contribution is 2.17. The zero-order valence-electron chi connectivity index (χ0n) is 17.2. The topological polar surface area (TPSA) is 85.1 Å². The van der Waals surface area contributed by atoms with E-state index in [1.54, 1.807) is 25.2 Å². The van der Waals surface area contributed by atoms with Crippen LogP contribution in [0.25, 0.3) is 11.0 Å². The van der Waals surface area contributed by atoms with Gasteiger partial charge < -0.3 is 10.6 Å². The number of aryl methyl sites for hydroxylation is 2. The third-order valence-electron chi connectivity index (χ3n) is 4.79. The first-order chi connectivity index (χ1) is 13.8. The molecule has 1 heterocycles. The van der Waals surface area contributed by atoms with Crippen LogP contribution in [-0.2, 0) is 18.4 Å². The maximum Gasteiger partial charge on any atom is 0.329 e. The first-order valence-electron chi connectivity index (χ1n) is 9.61. The van der Waals surface area contributed by atoms with Gasteiger partial charge in [-0.3, -0.25) is 18.7 Å². The second-order valence-electron chi connectivity index (χ2n) is 7.60. The van der Waals surface area contributed by atoms with E-state index >= 15 is 0 Å². The number of anilines is 1. The lowest BCUT2D eigenvalue weighted by Gasteiger charge is -2.12. The predicted octanol–water partition coefficient (Wildman–Crippen LogP) is 2.67. The Morgan fingerprint density at radius 2 is 1.76 bits per heavy atom. The predicted molar refractivity (Wildman–Crippen MR) is 114 cm³/mol. The first kappa shape index (κ1) is 20.4. The van der Waals surface area contributed by atoms with Crippen LogP contribution >= 0.6 is 0 Å². The molecule has 0 saturated carbocycles. The number of imidazole rings is 1. The Bertz CT molecular complexity index is 1120. The fourth-order valence-electron chi connectivity index (χ4n) is 3.19. The van der Waals surface area contributed by atoms with Gasteiger partial charge in [0.1, 0.15) is 6.54 Å². The van der Waals surface area contributed by atoms with Gasteiger partial charge in [0.2, 0.25) is 5.91 Å². The Balaban J connectivity index is 1.74. The number of hydrogen-bond acceptors (Lipinski definition) is 3.